The predicted octanol–water partition coefficient (Wildman–Crippen LogP) is 1.33. The molecule has 0 bridgehead atoms. The molecule has 0 aliphatic carbocycles. The highest BCUT2D eigenvalue weighted by Gasteiger charge is 2.10. The van der Waals surface area contributed by atoms with E-state index in [0.29, 0.717) is 12.2 Å². The summed E-state index contributed by atoms with van der Waals surface area (Å²) in [5, 5.41) is 2.51. The van der Waals surface area contributed by atoms with Crippen molar-refractivity contribution in [1.29, 1.82) is 0 Å². The third-order valence-electron chi connectivity index (χ3n) is 2.40. The van der Waals surface area contributed by atoms with Gasteiger partial charge < -0.3 is 10.1 Å². The molecule has 0 aromatic heterocycles. The number of nitrogens with one attached hydrogen (secondary N) is 1. The number of carbonyl (C=O) groups is 3. The molecule has 0 saturated heterocycles. The van der Waals surface area contributed by atoms with Crippen LogP contribution in [-0.4, -0.2) is 30.8 Å². The van der Waals surface area contributed by atoms with Crippen molar-refractivity contribution in [2.75, 3.05) is 13.2 Å². The fraction of sp³-hybridized carbons (Fsp3) is 0.357. The molecule has 19 heavy (non-hydrogen) atoms. The van der Waals surface area contributed by atoms with E-state index in [1.54, 1.807) is 37.3 Å². The molecule has 0 unspecified atom stereocenters. The molecule has 0 atom stereocenters. The van der Waals surface area contributed by atoms with Gasteiger partial charge >= 0.3 is 5.97 Å². The first kappa shape index (κ1) is 14.9. The summed E-state index contributed by atoms with van der Waals surface area (Å²) >= 11 is 0. The topological polar surface area (TPSA) is 72.5 Å². The Bertz CT molecular complexity index is 442. The normalized spacial score (nSPS) is 9.74. The van der Waals surface area contributed by atoms with Crippen molar-refractivity contribution in [3.63, 3.8) is 0 Å². The van der Waals surface area contributed by atoms with E-state index in [1.165, 1.54) is 0 Å². The molecule has 0 heterocycles. The number of benzene rings is 1. The fourth-order valence-corrected chi connectivity index (χ4v) is 1.43. The molecule has 0 radical (unpaired) electrons. The second kappa shape index (κ2) is 8.02. The zero-order valence-electron chi connectivity index (χ0n) is 10.8. The van der Waals surface area contributed by atoms with E-state index in [0.717, 1.165) is 0 Å². The molecular weight excluding hydrogens is 246 g/mol. The number of Topliss-reactive ketones (excluding diaryl/α,β-unsaturated/α-hetero) is 1. The van der Waals surface area contributed by atoms with Crippen LogP contribution in [0.25, 0.3) is 0 Å². The predicted molar refractivity (Wildman–Crippen MR) is 69.6 cm³/mol. The third-order valence-corrected chi connectivity index (χ3v) is 2.40. The monoisotopic (exact) mass is 263 g/mol. The summed E-state index contributed by atoms with van der Waals surface area (Å²) < 4.78 is 4.71. The Morgan fingerprint density at radius 1 is 1.11 bits per heavy atom. The molecule has 0 fully saturated rings. The molecule has 5 heteroatoms. The van der Waals surface area contributed by atoms with Gasteiger partial charge in [-0.05, 0) is 19.1 Å². The maximum Gasteiger partial charge on any atom is 0.306 e. The van der Waals surface area contributed by atoms with Crippen LogP contribution >= 0.6 is 0 Å². The summed E-state index contributed by atoms with van der Waals surface area (Å²) in [5.41, 5.74) is 0.501. The van der Waals surface area contributed by atoms with Crippen molar-refractivity contribution in [2.45, 2.75) is 19.8 Å². The Balaban J connectivity index is 2.27. The maximum absolute atomic E-state index is 11.6. The molecule has 0 spiro atoms. The Kier molecular flexibility index (Phi) is 6.29. The lowest BCUT2D eigenvalue weighted by Crippen LogP contribution is -2.29. The van der Waals surface area contributed by atoms with Gasteiger partial charge in [-0.3, -0.25) is 14.4 Å². The average Bonchev–Trinajstić information content (AvgIpc) is 2.44. The molecular formula is C14H17NO4. The van der Waals surface area contributed by atoms with Crippen LogP contribution in [0.1, 0.15) is 30.1 Å². The molecule has 0 saturated carbocycles. The molecule has 0 aliphatic heterocycles. The number of ether oxygens (including phenoxy) is 1. The third kappa shape index (κ3) is 5.81. The van der Waals surface area contributed by atoms with Gasteiger partial charge in [0.2, 0.25) is 0 Å². The van der Waals surface area contributed by atoms with Crippen molar-refractivity contribution < 1.29 is 19.1 Å². The lowest BCUT2D eigenvalue weighted by Gasteiger charge is -2.04. The zero-order valence-corrected chi connectivity index (χ0v) is 10.8. The largest absolute Gasteiger partial charge is 0.466 e. The second-order valence-corrected chi connectivity index (χ2v) is 3.89. The van der Waals surface area contributed by atoms with E-state index in [4.69, 9.17) is 4.74 Å². The van der Waals surface area contributed by atoms with Crippen LogP contribution in [0.5, 0.6) is 0 Å². The summed E-state index contributed by atoms with van der Waals surface area (Å²) in [4.78, 5) is 34.1. The van der Waals surface area contributed by atoms with Gasteiger partial charge in [0.15, 0.2) is 5.78 Å². The van der Waals surface area contributed by atoms with Gasteiger partial charge in [0.25, 0.3) is 5.91 Å². The quantitative estimate of drug-likeness (QED) is 0.753. The van der Waals surface area contributed by atoms with E-state index in [2.05, 4.69) is 5.32 Å². The summed E-state index contributed by atoms with van der Waals surface area (Å²) in [7, 11) is 0. The van der Waals surface area contributed by atoms with Gasteiger partial charge in [0, 0.05) is 12.0 Å². The van der Waals surface area contributed by atoms with Crippen LogP contribution in [0.4, 0.5) is 0 Å². The van der Waals surface area contributed by atoms with Crippen molar-refractivity contribution in [3.8, 4) is 0 Å². The number of ketones is 1. The van der Waals surface area contributed by atoms with E-state index >= 15 is 0 Å². The molecule has 102 valence electrons. The van der Waals surface area contributed by atoms with Crippen LogP contribution in [0.2, 0.25) is 0 Å². The zero-order chi connectivity index (χ0) is 14.1. The molecule has 1 rings (SSSR count). The highest BCUT2D eigenvalue weighted by atomic mass is 16.5. The van der Waals surface area contributed by atoms with E-state index in [9.17, 15) is 14.4 Å². The Morgan fingerprint density at radius 3 is 2.42 bits per heavy atom. The Labute approximate surface area is 111 Å². The van der Waals surface area contributed by atoms with Crippen molar-refractivity contribution in [3.05, 3.63) is 35.9 Å². The number of amides is 1. The summed E-state index contributed by atoms with van der Waals surface area (Å²) in [6, 6.07) is 8.63. The first-order valence-electron chi connectivity index (χ1n) is 6.14. The van der Waals surface area contributed by atoms with E-state index in [-0.39, 0.29) is 31.1 Å². The minimum Gasteiger partial charge on any atom is -0.466 e. The Hall–Kier alpha value is -2.17. The minimum atomic E-state index is -0.398. The van der Waals surface area contributed by atoms with Gasteiger partial charge in [0.1, 0.15) is 0 Å². The minimum absolute atomic E-state index is 0.0495. The molecule has 1 aromatic rings. The SMILES string of the molecule is CCOC(=O)CCC(=O)CNC(=O)c1ccccc1. The first-order valence-corrected chi connectivity index (χ1v) is 6.14. The summed E-state index contributed by atoms with van der Waals surface area (Å²) in [6.07, 6.45) is 0.127. The number of hydrogen-bond donors (Lipinski definition) is 1. The number of rotatable bonds is 7. The van der Waals surface area contributed by atoms with Gasteiger partial charge in [-0.2, -0.15) is 0 Å². The van der Waals surface area contributed by atoms with Crippen molar-refractivity contribution in [2.24, 2.45) is 0 Å². The van der Waals surface area contributed by atoms with Crippen LogP contribution in [0.3, 0.4) is 0 Å². The molecule has 1 aromatic carbocycles. The van der Waals surface area contributed by atoms with Crippen LogP contribution in [-0.2, 0) is 14.3 Å². The smallest absolute Gasteiger partial charge is 0.306 e. The molecule has 0 aliphatic rings. The molecule has 1 amide bonds. The number of esters is 1. The van der Waals surface area contributed by atoms with Gasteiger partial charge in [-0.1, -0.05) is 18.2 Å². The number of carbonyl (C=O) groups excluding carboxylic acids is 3. The average molecular weight is 263 g/mol. The summed E-state index contributed by atoms with van der Waals surface area (Å²) in [6.45, 7) is 1.94. The summed E-state index contributed by atoms with van der Waals surface area (Å²) in [5.74, 6) is -0.896. The van der Waals surface area contributed by atoms with E-state index in [1.807, 2.05) is 0 Å². The number of hydrogen-bond acceptors (Lipinski definition) is 4. The van der Waals surface area contributed by atoms with Gasteiger partial charge in [0.05, 0.1) is 19.6 Å². The lowest BCUT2D eigenvalue weighted by molar-refractivity contribution is -0.144. The van der Waals surface area contributed by atoms with Crippen LogP contribution < -0.4 is 5.32 Å². The van der Waals surface area contributed by atoms with Crippen molar-refractivity contribution >= 4 is 17.7 Å². The van der Waals surface area contributed by atoms with Gasteiger partial charge in [-0.15, -0.1) is 0 Å². The van der Waals surface area contributed by atoms with Crippen LogP contribution in [0.15, 0.2) is 30.3 Å². The van der Waals surface area contributed by atoms with Crippen LogP contribution in [0, 0.1) is 0 Å². The second-order valence-electron chi connectivity index (χ2n) is 3.89. The first-order chi connectivity index (χ1) is 9.13. The Morgan fingerprint density at radius 2 is 1.79 bits per heavy atom. The van der Waals surface area contributed by atoms with Crippen molar-refractivity contribution in [1.82, 2.24) is 5.32 Å². The lowest BCUT2D eigenvalue weighted by atomic mass is 10.2. The van der Waals surface area contributed by atoms with Gasteiger partial charge in [-0.25, -0.2) is 0 Å². The molecule has 1 N–H and O–H groups in total. The fourth-order valence-electron chi connectivity index (χ4n) is 1.43. The molecule has 5 nitrogen and oxygen atoms in total. The van der Waals surface area contributed by atoms with E-state index < -0.39 is 5.97 Å². The standard InChI is InChI=1S/C14H17NO4/c1-2-19-13(17)9-8-12(16)10-15-14(18)11-6-4-3-5-7-11/h3-7H,2,8-10H2,1H3,(H,15,18). The maximum atomic E-state index is 11.6. The highest BCUT2D eigenvalue weighted by molar-refractivity contribution is 5.96. The highest BCUT2D eigenvalue weighted by Crippen LogP contribution is 1.98.